The third-order valence-corrected chi connectivity index (χ3v) is 4.77. The minimum atomic E-state index is -0.510. The van der Waals surface area contributed by atoms with Crippen molar-refractivity contribution in [3.05, 3.63) is 5.01 Å². The van der Waals surface area contributed by atoms with Gasteiger partial charge in [-0.3, -0.25) is 10.1 Å². The lowest BCUT2D eigenvalue weighted by Gasteiger charge is -2.23. The first-order valence-electron chi connectivity index (χ1n) is 7.60. The molecule has 1 aliphatic carbocycles. The van der Waals surface area contributed by atoms with Crippen molar-refractivity contribution in [3.8, 4) is 0 Å². The van der Waals surface area contributed by atoms with Crippen LogP contribution in [0.25, 0.3) is 0 Å². The van der Waals surface area contributed by atoms with Gasteiger partial charge in [0.05, 0.1) is 12.7 Å². The van der Waals surface area contributed by atoms with Crippen LogP contribution in [0.15, 0.2) is 0 Å². The molecule has 1 aromatic heterocycles. The van der Waals surface area contributed by atoms with Crippen molar-refractivity contribution in [1.29, 1.82) is 0 Å². The van der Waals surface area contributed by atoms with Crippen molar-refractivity contribution >= 4 is 22.4 Å². The number of ether oxygens (including phenoxy) is 2. The van der Waals surface area contributed by atoms with Crippen molar-refractivity contribution in [1.82, 2.24) is 10.2 Å². The molecule has 1 saturated carbocycles. The lowest BCUT2D eigenvalue weighted by molar-refractivity contribution is -0.130. The number of anilines is 1. The Labute approximate surface area is 128 Å². The zero-order chi connectivity index (χ0) is 14.7. The Morgan fingerprint density at radius 3 is 3.00 bits per heavy atom. The van der Waals surface area contributed by atoms with E-state index in [0.717, 1.165) is 24.5 Å². The Bertz CT molecular complexity index is 484. The first kappa shape index (κ1) is 14.9. The van der Waals surface area contributed by atoms with Gasteiger partial charge >= 0.3 is 0 Å². The van der Waals surface area contributed by atoms with Crippen molar-refractivity contribution in [2.24, 2.45) is 0 Å². The molecule has 0 bridgehead atoms. The number of aromatic nitrogens is 2. The average molecular weight is 311 g/mol. The molecule has 0 radical (unpaired) electrons. The number of hydrogen-bond donors (Lipinski definition) is 1. The third-order valence-electron chi connectivity index (χ3n) is 3.77. The summed E-state index contributed by atoms with van der Waals surface area (Å²) in [6.07, 6.45) is 5.28. The van der Waals surface area contributed by atoms with E-state index in [0.29, 0.717) is 17.7 Å². The standard InChI is InChI=1S/C14H21N3O3S/c1-9(20-8-11-4-2-3-7-19-11)12(18)15-14-17-16-13(21-14)10-5-6-10/h9-11H,2-8H2,1H3,(H,15,17,18). The topological polar surface area (TPSA) is 73.3 Å². The number of rotatable bonds is 6. The molecular weight excluding hydrogens is 290 g/mol. The Balaban J connectivity index is 1.42. The average Bonchev–Trinajstić information content (AvgIpc) is 3.26. The third kappa shape index (κ3) is 4.21. The summed E-state index contributed by atoms with van der Waals surface area (Å²) in [5.41, 5.74) is 0. The first-order valence-corrected chi connectivity index (χ1v) is 8.41. The number of hydrogen-bond acceptors (Lipinski definition) is 6. The predicted octanol–water partition coefficient (Wildman–Crippen LogP) is 2.33. The second-order valence-corrected chi connectivity index (χ2v) is 6.68. The van der Waals surface area contributed by atoms with Gasteiger partial charge in [-0.25, -0.2) is 0 Å². The van der Waals surface area contributed by atoms with Crippen LogP contribution in [-0.2, 0) is 14.3 Å². The fourth-order valence-corrected chi connectivity index (χ4v) is 3.17. The predicted molar refractivity (Wildman–Crippen MR) is 79.5 cm³/mol. The van der Waals surface area contributed by atoms with Crippen LogP contribution in [0.3, 0.4) is 0 Å². The van der Waals surface area contributed by atoms with E-state index in [1.165, 1.54) is 30.6 Å². The van der Waals surface area contributed by atoms with Crippen molar-refractivity contribution in [3.63, 3.8) is 0 Å². The van der Waals surface area contributed by atoms with E-state index in [1.54, 1.807) is 6.92 Å². The summed E-state index contributed by atoms with van der Waals surface area (Å²) in [6, 6.07) is 0. The number of amides is 1. The highest BCUT2D eigenvalue weighted by molar-refractivity contribution is 7.15. The molecule has 1 amide bonds. The first-order chi connectivity index (χ1) is 10.2. The Morgan fingerprint density at radius 1 is 1.43 bits per heavy atom. The van der Waals surface area contributed by atoms with Gasteiger partial charge in [0, 0.05) is 12.5 Å². The summed E-state index contributed by atoms with van der Waals surface area (Å²) in [5.74, 6) is 0.384. The van der Waals surface area contributed by atoms with Crippen LogP contribution in [0.2, 0.25) is 0 Å². The summed E-state index contributed by atoms with van der Waals surface area (Å²) in [4.78, 5) is 12.0. The van der Waals surface area contributed by atoms with Gasteiger partial charge in [-0.1, -0.05) is 11.3 Å². The molecule has 116 valence electrons. The second kappa shape index (κ2) is 6.81. The van der Waals surface area contributed by atoms with E-state index in [2.05, 4.69) is 15.5 Å². The maximum absolute atomic E-state index is 12.0. The molecule has 2 atom stereocenters. The largest absolute Gasteiger partial charge is 0.376 e. The summed E-state index contributed by atoms with van der Waals surface area (Å²) < 4.78 is 11.2. The second-order valence-electron chi connectivity index (χ2n) is 5.67. The molecule has 0 spiro atoms. The summed E-state index contributed by atoms with van der Waals surface area (Å²) in [5, 5.41) is 12.5. The Morgan fingerprint density at radius 2 is 2.29 bits per heavy atom. The Kier molecular flexibility index (Phi) is 4.82. The maximum Gasteiger partial charge on any atom is 0.255 e. The minimum absolute atomic E-state index is 0.122. The number of carbonyl (C=O) groups is 1. The van der Waals surface area contributed by atoms with Crippen LogP contribution in [-0.4, -0.2) is 41.5 Å². The van der Waals surface area contributed by atoms with Gasteiger partial charge < -0.3 is 9.47 Å². The zero-order valence-electron chi connectivity index (χ0n) is 12.2. The molecule has 2 unspecified atom stereocenters. The number of carbonyl (C=O) groups excluding carboxylic acids is 1. The fraction of sp³-hybridized carbons (Fsp3) is 0.786. The van der Waals surface area contributed by atoms with E-state index < -0.39 is 6.10 Å². The molecule has 1 N–H and O–H groups in total. The van der Waals surface area contributed by atoms with E-state index in [4.69, 9.17) is 9.47 Å². The lowest BCUT2D eigenvalue weighted by atomic mass is 10.1. The van der Waals surface area contributed by atoms with Gasteiger partial charge in [-0.2, -0.15) is 0 Å². The van der Waals surface area contributed by atoms with Crippen LogP contribution < -0.4 is 5.32 Å². The van der Waals surface area contributed by atoms with Gasteiger partial charge in [0.25, 0.3) is 5.91 Å². The molecule has 21 heavy (non-hydrogen) atoms. The smallest absolute Gasteiger partial charge is 0.255 e. The van der Waals surface area contributed by atoms with E-state index in [-0.39, 0.29) is 12.0 Å². The van der Waals surface area contributed by atoms with Crippen molar-refractivity contribution < 1.29 is 14.3 Å². The molecule has 0 aromatic carbocycles. The number of nitrogens with zero attached hydrogens (tertiary/aromatic N) is 2. The summed E-state index contributed by atoms with van der Waals surface area (Å²) in [6.45, 7) is 3.02. The molecule has 6 nitrogen and oxygen atoms in total. The molecule has 2 heterocycles. The van der Waals surface area contributed by atoms with Crippen LogP contribution in [0.1, 0.15) is 50.0 Å². The molecule has 2 aliphatic rings. The molecule has 1 saturated heterocycles. The van der Waals surface area contributed by atoms with Crippen LogP contribution in [0.5, 0.6) is 0 Å². The molecule has 2 fully saturated rings. The molecule has 3 rings (SSSR count). The van der Waals surface area contributed by atoms with Gasteiger partial charge in [0.2, 0.25) is 5.13 Å². The molecule has 1 aliphatic heterocycles. The maximum atomic E-state index is 12.0. The molecule has 7 heteroatoms. The SMILES string of the molecule is CC(OCC1CCCCO1)C(=O)Nc1nnc(C2CC2)s1. The fourth-order valence-electron chi connectivity index (χ4n) is 2.25. The number of nitrogens with one attached hydrogen (secondary N) is 1. The highest BCUT2D eigenvalue weighted by atomic mass is 32.1. The van der Waals surface area contributed by atoms with Gasteiger partial charge in [-0.15, -0.1) is 10.2 Å². The van der Waals surface area contributed by atoms with E-state index in [1.807, 2.05) is 0 Å². The van der Waals surface area contributed by atoms with E-state index in [9.17, 15) is 4.79 Å². The molecular formula is C14H21N3O3S. The Hall–Kier alpha value is -1.05. The minimum Gasteiger partial charge on any atom is -0.376 e. The quantitative estimate of drug-likeness (QED) is 0.873. The van der Waals surface area contributed by atoms with Crippen LogP contribution >= 0.6 is 11.3 Å². The zero-order valence-corrected chi connectivity index (χ0v) is 13.0. The van der Waals surface area contributed by atoms with Gasteiger partial charge in [-0.05, 0) is 39.0 Å². The summed E-state index contributed by atoms with van der Waals surface area (Å²) in [7, 11) is 0. The summed E-state index contributed by atoms with van der Waals surface area (Å²) >= 11 is 1.46. The van der Waals surface area contributed by atoms with Gasteiger partial charge in [0.1, 0.15) is 11.1 Å². The van der Waals surface area contributed by atoms with Crippen molar-refractivity contribution in [2.75, 3.05) is 18.5 Å². The lowest BCUT2D eigenvalue weighted by Crippen LogP contribution is -2.32. The molecule has 1 aromatic rings. The van der Waals surface area contributed by atoms with Gasteiger partial charge in [0.15, 0.2) is 0 Å². The van der Waals surface area contributed by atoms with Crippen LogP contribution in [0, 0.1) is 0 Å². The van der Waals surface area contributed by atoms with E-state index >= 15 is 0 Å². The highest BCUT2D eigenvalue weighted by Crippen LogP contribution is 2.42. The normalized spacial score (nSPS) is 23.8. The highest BCUT2D eigenvalue weighted by Gasteiger charge is 2.28. The van der Waals surface area contributed by atoms with Crippen molar-refractivity contribution in [2.45, 2.75) is 57.2 Å². The monoisotopic (exact) mass is 311 g/mol. The van der Waals surface area contributed by atoms with Crippen LogP contribution in [0.4, 0.5) is 5.13 Å².